The van der Waals surface area contributed by atoms with Crippen molar-refractivity contribution in [3.8, 4) is 0 Å². The van der Waals surface area contributed by atoms with Crippen molar-refractivity contribution in [3.05, 3.63) is 47.8 Å². The minimum Gasteiger partial charge on any atom is -0.313 e. The molecule has 7 heteroatoms. The zero-order valence-electron chi connectivity index (χ0n) is 12.2. The quantitative estimate of drug-likeness (QED) is 0.800. The maximum Gasteiger partial charge on any atom is 0.240 e. The molecule has 0 aliphatic carbocycles. The predicted octanol–water partition coefficient (Wildman–Crippen LogP) is 1.01. The minimum atomic E-state index is -3.52. The number of hydrogen-bond donors (Lipinski definition) is 2. The van der Waals surface area contributed by atoms with Crippen molar-refractivity contribution in [1.82, 2.24) is 19.8 Å². The van der Waals surface area contributed by atoms with Crippen molar-refractivity contribution in [3.63, 3.8) is 0 Å². The monoisotopic (exact) mass is 308 g/mol. The van der Waals surface area contributed by atoms with Gasteiger partial charge in [-0.25, -0.2) is 13.1 Å². The first-order valence-corrected chi connectivity index (χ1v) is 8.27. The van der Waals surface area contributed by atoms with E-state index in [2.05, 4.69) is 15.1 Å². The van der Waals surface area contributed by atoms with Crippen LogP contribution in [0.3, 0.4) is 0 Å². The third-order valence-electron chi connectivity index (χ3n) is 3.00. The number of rotatable bonds is 7. The average molecular weight is 308 g/mol. The van der Waals surface area contributed by atoms with Crippen molar-refractivity contribution in [2.75, 3.05) is 6.54 Å². The molecular weight excluding hydrogens is 288 g/mol. The number of nitrogens with zero attached hydrogens (tertiary/aromatic N) is 2. The van der Waals surface area contributed by atoms with Crippen LogP contribution in [0.15, 0.2) is 41.4 Å². The normalized spacial score (nSPS) is 11.7. The van der Waals surface area contributed by atoms with Gasteiger partial charge in [-0.15, -0.1) is 0 Å². The Labute approximate surface area is 125 Å². The van der Waals surface area contributed by atoms with Crippen molar-refractivity contribution in [2.45, 2.75) is 24.9 Å². The molecule has 1 aromatic carbocycles. The zero-order valence-corrected chi connectivity index (χ0v) is 13.0. The molecule has 2 rings (SSSR count). The Balaban J connectivity index is 2.08. The molecule has 114 valence electrons. The van der Waals surface area contributed by atoms with Crippen molar-refractivity contribution < 1.29 is 8.42 Å². The topological polar surface area (TPSA) is 76.0 Å². The molecule has 0 atom stereocenters. The fraction of sp³-hybridized carbons (Fsp3) is 0.357. The Kier molecular flexibility index (Phi) is 5.11. The standard InChI is InChI=1S/C14H20N4O2S/c1-3-15-10-12-5-4-6-14(9-12)21(19,20)16-11-13-7-8-18(2)17-13/h4-9,15-16H,3,10-11H2,1-2H3. The SMILES string of the molecule is CCNCc1cccc(S(=O)(=O)NCc2ccn(C)n2)c1. The maximum absolute atomic E-state index is 12.3. The maximum atomic E-state index is 12.3. The molecular formula is C14H20N4O2S. The van der Waals surface area contributed by atoms with Crippen molar-refractivity contribution >= 4 is 10.0 Å². The lowest BCUT2D eigenvalue weighted by atomic mass is 10.2. The molecule has 0 radical (unpaired) electrons. The van der Waals surface area contributed by atoms with Gasteiger partial charge in [0.25, 0.3) is 0 Å². The number of sulfonamides is 1. The predicted molar refractivity (Wildman–Crippen MR) is 81.1 cm³/mol. The molecule has 1 aromatic heterocycles. The van der Waals surface area contributed by atoms with Crippen LogP contribution in [0.1, 0.15) is 18.2 Å². The number of aryl methyl sites for hydroxylation is 1. The molecule has 0 unspecified atom stereocenters. The van der Waals surface area contributed by atoms with E-state index in [1.807, 2.05) is 13.0 Å². The van der Waals surface area contributed by atoms with Crippen LogP contribution >= 0.6 is 0 Å². The second-order valence-corrected chi connectivity index (χ2v) is 6.50. The molecule has 2 N–H and O–H groups in total. The lowest BCUT2D eigenvalue weighted by molar-refractivity contribution is 0.579. The molecule has 0 saturated heterocycles. The number of hydrogen-bond acceptors (Lipinski definition) is 4. The van der Waals surface area contributed by atoms with Crippen LogP contribution < -0.4 is 10.0 Å². The summed E-state index contributed by atoms with van der Waals surface area (Å²) in [5.74, 6) is 0. The summed E-state index contributed by atoms with van der Waals surface area (Å²) in [5, 5.41) is 7.32. The van der Waals surface area contributed by atoms with Crippen molar-refractivity contribution in [2.24, 2.45) is 7.05 Å². The fourth-order valence-corrected chi connectivity index (χ4v) is 2.97. The summed E-state index contributed by atoms with van der Waals surface area (Å²) in [5.41, 5.74) is 1.63. The summed E-state index contributed by atoms with van der Waals surface area (Å²) >= 11 is 0. The molecule has 0 bridgehead atoms. The molecule has 21 heavy (non-hydrogen) atoms. The Morgan fingerprint density at radius 2 is 2.05 bits per heavy atom. The average Bonchev–Trinajstić information content (AvgIpc) is 2.89. The highest BCUT2D eigenvalue weighted by atomic mass is 32.2. The molecule has 0 aliphatic rings. The first-order chi connectivity index (χ1) is 10.0. The third-order valence-corrected chi connectivity index (χ3v) is 4.40. The van der Waals surface area contributed by atoms with Gasteiger partial charge >= 0.3 is 0 Å². The van der Waals surface area contributed by atoms with Gasteiger partial charge in [0.15, 0.2) is 0 Å². The van der Waals surface area contributed by atoms with Gasteiger partial charge in [0.2, 0.25) is 10.0 Å². The second-order valence-electron chi connectivity index (χ2n) is 4.73. The van der Waals surface area contributed by atoms with Crippen LogP contribution in [-0.4, -0.2) is 24.7 Å². The Morgan fingerprint density at radius 1 is 1.24 bits per heavy atom. The summed E-state index contributed by atoms with van der Waals surface area (Å²) < 4.78 is 28.7. The summed E-state index contributed by atoms with van der Waals surface area (Å²) in [6, 6.07) is 8.71. The Bertz CT molecular complexity index is 695. The molecule has 0 amide bonds. The summed E-state index contributed by atoms with van der Waals surface area (Å²) in [6.45, 7) is 3.69. The van der Waals surface area contributed by atoms with Gasteiger partial charge in [0.05, 0.1) is 17.1 Å². The highest BCUT2D eigenvalue weighted by Gasteiger charge is 2.14. The van der Waals surface area contributed by atoms with Gasteiger partial charge in [-0.05, 0) is 30.3 Å². The smallest absolute Gasteiger partial charge is 0.240 e. The van der Waals surface area contributed by atoms with Gasteiger partial charge in [0, 0.05) is 19.8 Å². The first-order valence-electron chi connectivity index (χ1n) is 6.79. The van der Waals surface area contributed by atoms with E-state index in [0.29, 0.717) is 12.2 Å². The van der Waals surface area contributed by atoms with Gasteiger partial charge in [-0.2, -0.15) is 5.10 Å². The second kappa shape index (κ2) is 6.84. The van der Waals surface area contributed by atoms with E-state index in [4.69, 9.17) is 0 Å². The number of aromatic nitrogens is 2. The Hall–Kier alpha value is -1.70. The van der Waals surface area contributed by atoms with E-state index >= 15 is 0 Å². The number of benzene rings is 1. The third kappa shape index (κ3) is 4.38. The van der Waals surface area contributed by atoms with Crippen LogP contribution in [-0.2, 0) is 30.2 Å². The van der Waals surface area contributed by atoms with Crippen LogP contribution in [0.2, 0.25) is 0 Å². The lowest BCUT2D eigenvalue weighted by Crippen LogP contribution is -2.24. The molecule has 6 nitrogen and oxygen atoms in total. The van der Waals surface area contributed by atoms with Gasteiger partial charge in [-0.1, -0.05) is 19.1 Å². The summed E-state index contributed by atoms with van der Waals surface area (Å²) in [4.78, 5) is 0.272. The van der Waals surface area contributed by atoms with Gasteiger partial charge in [-0.3, -0.25) is 4.68 Å². The molecule has 1 heterocycles. The number of nitrogens with one attached hydrogen (secondary N) is 2. The highest BCUT2D eigenvalue weighted by molar-refractivity contribution is 7.89. The van der Waals surface area contributed by atoms with Gasteiger partial charge in [0.1, 0.15) is 0 Å². The lowest BCUT2D eigenvalue weighted by Gasteiger charge is -2.08. The molecule has 0 aliphatic heterocycles. The molecule has 0 saturated carbocycles. The van der Waals surface area contributed by atoms with E-state index in [0.717, 1.165) is 12.1 Å². The van der Waals surface area contributed by atoms with Crippen LogP contribution in [0.25, 0.3) is 0 Å². The van der Waals surface area contributed by atoms with E-state index in [1.165, 1.54) is 0 Å². The zero-order chi connectivity index (χ0) is 15.3. The van der Waals surface area contributed by atoms with Crippen molar-refractivity contribution in [1.29, 1.82) is 0 Å². The first kappa shape index (κ1) is 15.7. The van der Waals surface area contributed by atoms with Crippen LogP contribution in [0, 0.1) is 0 Å². The minimum absolute atomic E-state index is 0.181. The van der Waals surface area contributed by atoms with E-state index in [1.54, 1.807) is 42.2 Å². The van der Waals surface area contributed by atoms with E-state index in [9.17, 15) is 8.42 Å². The van der Waals surface area contributed by atoms with Crippen LogP contribution in [0.4, 0.5) is 0 Å². The summed E-state index contributed by atoms with van der Waals surface area (Å²) in [7, 11) is -1.73. The van der Waals surface area contributed by atoms with Gasteiger partial charge < -0.3 is 5.32 Å². The molecule has 2 aromatic rings. The summed E-state index contributed by atoms with van der Waals surface area (Å²) in [6.07, 6.45) is 1.78. The largest absolute Gasteiger partial charge is 0.313 e. The molecule has 0 fully saturated rings. The highest BCUT2D eigenvalue weighted by Crippen LogP contribution is 2.12. The Morgan fingerprint density at radius 3 is 2.71 bits per heavy atom. The fourth-order valence-electron chi connectivity index (χ4n) is 1.90. The van der Waals surface area contributed by atoms with E-state index < -0.39 is 10.0 Å². The molecule has 0 spiro atoms. The van der Waals surface area contributed by atoms with Crippen LogP contribution in [0.5, 0.6) is 0 Å². The van der Waals surface area contributed by atoms with E-state index in [-0.39, 0.29) is 11.4 Å².